The SMILES string of the molecule is CO/N=C1\CC(C)(C)Cc2nonc21. The highest BCUT2D eigenvalue weighted by atomic mass is 16.6. The summed E-state index contributed by atoms with van der Waals surface area (Å²) >= 11 is 0. The highest BCUT2D eigenvalue weighted by Gasteiger charge is 2.33. The van der Waals surface area contributed by atoms with Gasteiger partial charge < -0.3 is 4.84 Å². The van der Waals surface area contributed by atoms with Gasteiger partial charge in [-0.2, -0.15) is 0 Å². The Morgan fingerprint density at radius 1 is 1.36 bits per heavy atom. The van der Waals surface area contributed by atoms with E-state index in [9.17, 15) is 0 Å². The van der Waals surface area contributed by atoms with Crippen molar-refractivity contribution in [3.05, 3.63) is 11.4 Å². The van der Waals surface area contributed by atoms with Gasteiger partial charge in [-0.15, -0.1) is 0 Å². The van der Waals surface area contributed by atoms with Crippen molar-refractivity contribution < 1.29 is 9.47 Å². The summed E-state index contributed by atoms with van der Waals surface area (Å²) in [6, 6.07) is 0. The Hall–Kier alpha value is -1.39. The summed E-state index contributed by atoms with van der Waals surface area (Å²) in [6.07, 6.45) is 1.70. The van der Waals surface area contributed by atoms with Crippen LogP contribution < -0.4 is 0 Å². The van der Waals surface area contributed by atoms with Crippen molar-refractivity contribution in [2.24, 2.45) is 10.6 Å². The van der Waals surface area contributed by atoms with E-state index < -0.39 is 0 Å². The summed E-state index contributed by atoms with van der Waals surface area (Å²) in [5, 5.41) is 11.6. The Morgan fingerprint density at radius 3 is 2.86 bits per heavy atom. The van der Waals surface area contributed by atoms with Gasteiger partial charge in [0, 0.05) is 12.8 Å². The fourth-order valence-electron chi connectivity index (χ4n) is 1.78. The summed E-state index contributed by atoms with van der Waals surface area (Å²) in [6.45, 7) is 4.32. The maximum absolute atomic E-state index is 4.78. The normalized spacial score (nSPS) is 22.1. The fourth-order valence-corrected chi connectivity index (χ4v) is 1.78. The standard InChI is InChI=1S/C9H13N3O2/c1-9(2)4-6(10-13-3)8-7(5-9)11-14-12-8/h4-5H2,1-3H3/b10-6+. The average Bonchev–Trinajstić information content (AvgIpc) is 2.50. The molecule has 1 aromatic rings. The zero-order valence-corrected chi connectivity index (χ0v) is 8.57. The second kappa shape index (κ2) is 3.08. The van der Waals surface area contributed by atoms with Crippen molar-refractivity contribution >= 4 is 5.71 Å². The first kappa shape index (κ1) is 9.18. The van der Waals surface area contributed by atoms with Crippen LogP contribution in [0.15, 0.2) is 9.78 Å². The van der Waals surface area contributed by atoms with Crippen LogP contribution in [0.4, 0.5) is 0 Å². The molecule has 0 unspecified atom stereocenters. The van der Waals surface area contributed by atoms with Crippen molar-refractivity contribution in [2.45, 2.75) is 26.7 Å². The van der Waals surface area contributed by atoms with Crippen LogP contribution in [0, 0.1) is 5.41 Å². The minimum absolute atomic E-state index is 0.142. The summed E-state index contributed by atoms with van der Waals surface area (Å²) in [5.41, 5.74) is 2.58. The quantitative estimate of drug-likeness (QED) is 0.635. The molecule has 1 aromatic heterocycles. The third-order valence-corrected chi connectivity index (χ3v) is 2.32. The smallest absolute Gasteiger partial charge is 0.155 e. The Kier molecular flexibility index (Phi) is 2.02. The van der Waals surface area contributed by atoms with E-state index in [1.165, 1.54) is 7.11 Å². The number of aromatic nitrogens is 2. The van der Waals surface area contributed by atoms with E-state index in [4.69, 9.17) is 9.47 Å². The highest BCUT2D eigenvalue weighted by Crippen LogP contribution is 2.33. The van der Waals surface area contributed by atoms with Crippen LogP contribution in [0.1, 0.15) is 31.7 Å². The van der Waals surface area contributed by atoms with Gasteiger partial charge >= 0.3 is 0 Å². The van der Waals surface area contributed by atoms with Crippen LogP contribution >= 0.6 is 0 Å². The van der Waals surface area contributed by atoms with Gasteiger partial charge in [-0.05, 0) is 10.6 Å². The lowest BCUT2D eigenvalue weighted by molar-refractivity contribution is 0.209. The molecule has 1 aliphatic carbocycles. The first-order valence-corrected chi connectivity index (χ1v) is 4.54. The predicted octanol–water partition coefficient (Wildman–Crippen LogP) is 1.39. The third-order valence-electron chi connectivity index (χ3n) is 2.32. The highest BCUT2D eigenvalue weighted by molar-refractivity contribution is 6.00. The van der Waals surface area contributed by atoms with Crippen LogP contribution in [0.5, 0.6) is 0 Å². The molecule has 5 nitrogen and oxygen atoms in total. The molecular weight excluding hydrogens is 182 g/mol. The van der Waals surface area contributed by atoms with Gasteiger partial charge in [0.25, 0.3) is 0 Å². The molecule has 0 fully saturated rings. The topological polar surface area (TPSA) is 60.5 Å². The number of oxime groups is 1. The van der Waals surface area contributed by atoms with Gasteiger partial charge in [0.1, 0.15) is 18.5 Å². The van der Waals surface area contributed by atoms with E-state index in [0.717, 1.165) is 29.9 Å². The molecule has 76 valence electrons. The lowest BCUT2D eigenvalue weighted by Gasteiger charge is -2.27. The number of hydrogen-bond acceptors (Lipinski definition) is 5. The van der Waals surface area contributed by atoms with Crippen molar-refractivity contribution in [1.29, 1.82) is 0 Å². The Morgan fingerprint density at radius 2 is 2.14 bits per heavy atom. The minimum Gasteiger partial charge on any atom is -0.399 e. The fraction of sp³-hybridized carbons (Fsp3) is 0.667. The molecule has 2 rings (SSSR count). The zero-order chi connectivity index (χ0) is 10.2. The molecule has 14 heavy (non-hydrogen) atoms. The molecule has 0 amide bonds. The summed E-state index contributed by atoms with van der Waals surface area (Å²) in [4.78, 5) is 4.78. The second-order valence-electron chi connectivity index (χ2n) is 4.30. The van der Waals surface area contributed by atoms with E-state index in [1.807, 2.05) is 0 Å². The number of hydrogen-bond donors (Lipinski definition) is 0. The Balaban J connectivity index is 2.43. The second-order valence-corrected chi connectivity index (χ2v) is 4.30. The summed E-state index contributed by atoms with van der Waals surface area (Å²) in [7, 11) is 1.53. The Bertz CT molecular complexity index is 368. The maximum Gasteiger partial charge on any atom is 0.155 e. The first-order chi connectivity index (χ1) is 6.62. The molecule has 0 N–H and O–H groups in total. The monoisotopic (exact) mass is 195 g/mol. The molecular formula is C9H13N3O2. The van der Waals surface area contributed by atoms with Crippen LogP contribution in [0.25, 0.3) is 0 Å². The van der Waals surface area contributed by atoms with Crippen molar-refractivity contribution in [3.63, 3.8) is 0 Å². The van der Waals surface area contributed by atoms with Gasteiger partial charge in [-0.25, -0.2) is 4.63 Å². The van der Waals surface area contributed by atoms with E-state index in [2.05, 4.69) is 29.3 Å². The van der Waals surface area contributed by atoms with E-state index in [-0.39, 0.29) is 5.41 Å². The number of rotatable bonds is 1. The molecule has 1 aliphatic rings. The molecule has 0 bridgehead atoms. The van der Waals surface area contributed by atoms with Crippen molar-refractivity contribution in [1.82, 2.24) is 10.3 Å². The Labute approximate surface area is 82.1 Å². The summed E-state index contributed by atoms with van der Waals surface area (Å²) < 4.78 is 4.70. The molecule has 0 atom stereocenters. The molecule has 5 heteroatoms. The molecule has 0 saturated carbocycles. The summed E-state index contributed by atoms with van der Waals surface area (Å²) in [5.74, 6) is 0. The maximum atomic E-state index is 4.78. The van der Waals surface area contributed by atoms with Crippen LogP contribution in [0.2, 0.25) is 0 Å². The average molecular weight is 195 g/mol. The van der Waals surface area contributed by atoms with Crippen LogP contribution in [-0.4, -0.2) is 23.1 Å². The van der Waals surface area contributed by atoms with Gasteiger partial charge in [0.2, 0.25) is 0 Å². The van der Waals surface area contributed by atoms with Gasteiger partial charge in [-0.1, -0.05) is 24.2 Å². The molecule has 0 radical (unpaired) electrons. The minimum atomic E-state index is 0.142. The van der Waals surface area contributed by atoms with E-state index in [0.29, 0.717) is 0 Å². The predicted molar refractivity (Wildman–Crippen MR) is 49.9 cm³/mol. The van der Waals surface area contributed by atoms with Crippen molar-refractivity contribution in [3.8, 4) is 0 Å². The zero-order valence-electron chi connectivity index (χ0n) is 8.57. The number of nitrogens with zero attached hydrogens (tertiary/aromatic N) is 3. The van der Waals surface area contributed by atoms with Crippen LogP contribution in [0.3, 0.4) is 0 Å². The van der Waals surface area contributed by atoms with Crippen molar-refractivity contribution in [2.75, 3.05) is 7.11 Å². The first-order valence-electron chi connectivity index (χ1n) is 4.54. The largest absolute Gasteiger partial charge is 0.399 e. The molecule has 1 heterocycles. The number of fused-ring (bicyclic) bond motifs is 1. The molecule has 0 aliphatic heterocycles. The third kappa shape index (κ3) is 1.49. The molecule has 0 saturated heterocycles. The molecule has 0 aromatic carbocycles. The lowest BCUT2D eigenvalue weighted by Crippen LogP contribution is -2.27. The van der Waals surface area contributed by atoms with E-state index >= 15 is 0 Å². The van der Waals surface area contributed by atoms with Crippen LogP contribution in [-0.2, 0) is 11.3 Å². The van der Waals surface area contributed by atoms with Gasteiger partial charge in [-0.3, -0.25) is 0 Å². The lowest BCUT2D eigenvalue weighted by atomic mass is 9.77. The van der Waals surface area contributed by atoms with E-state index in [1.54, 1.807) is 0 Å². The molecule has 0 spiro atoms. The van der Waals surface area contributed by atoms with Gasteiger partial charge in [0.15, 0.2) is 5.69 Å². The van der Waals surface area contributed by atoms with Gasteiger partial charge in [0.05, 0.1) is 0 Å².